The number of hydrogen-bond acceptors (Lipinski definition) is 5. The molecule has 0 aromatic heterocycles. The monoisotopic (exact) mass is 364 g/mol. The van der Waals surface area contributed by atoms with E-state index < -0.39 is 11.6 Å². The van der Waals surface area contributed by atoms with Crippen molar-refractivity contribution in [2.24, 2.45) is 5.92 Å². The number of Topliss-reactive ketones (excluding diaryl/α,β-unsaturated/α-hetero) is 1. The van der Waals surface area contributed by atoms with E-state index in [0.717, 1.165) is 12.8 Å². The topological polar surface area (TPSA) is 76.1 Å². The Balaban J connectivity index is 2.19. The molecule has 26 heavy (non-hydrogen) atoms. The first kappa shape index (κ1) is 20.8. The lowest BCUT2D eigenvalue weighted by atomic mass is 9.82. The largest absolute Gasteiger partial charge is 0.466 e. The van der Waals surface area contributed by atoms with Crippen molar-refractivity contribution in [1.29, 1.82) is 0 Å². The summed E-state index contributed by atoms with van der Waals surface area (Å²) in [7, 11) is 1.34. The van der Waals surface area contributed by atoms with Crippen molar-refractivity contribution in [2.45, 2.75) is 83.0 Å². The fourth-order valence-corrected chi connectivity index (χ4v) is 3.68. The molecule has 146 valence electrons. The van der Waals surface area contributed by atoms with Crippen LogP contribution in [0.1, 0.15) is 65.7 Å². The number of ketones is 1. The molecule has 1 heterocycles. The fourth-order valence-electron chi connectivity index (χ4n) is 3.68. The molecule has 1 aliphatic heterocycles. The molecule has 0 radical (unpaired) electrons. The number of epoxide rings is 1. The number of allylic oxidation sites excluding steroid dienone is 2. The molecular weight excluding hydrogens is 332 g/mol. The predicted octanol–water partition coefficient (Wildman–Crippen LogP) is 3.50. The first-order valence-electron chi connectivity index (χ1n) is 9.45. The zero-order valence-electron chi connectivity index (χ0n) is 16.5. The number of esters is 1. The Morgan fingerprint density at radius 3 is 2.69 bits per heavy atom. The van der Waals surface area contributed by atoms with E-state index in [1.54, 1.807) is 6.92 Å². The van der Waals surface area contributed by atoms with E-state index >= 15 is 0 Å². The fraction of sp³-hybridized carbons (Fsp3) is 0.714. The maximum atomic E-state index is 12.4. The first-order chi connectivity index (χ1) is 12.1. The molecular formula is C21H32O5. The molecule has 0 bridgehead atoms. The summed E-state index contributed by atoms with van der Waals surface area (Å²) in [6.07, 6.45) is 6.45. The molecule has 1 saturated heterocycles. The van der Waals surface area contributed by atoms with Gasteiger partial charge in [0, 0.05) is 12.0 Å². The van der Waals surface area contributed by atoms with Crippen molar-refractivity contribution >= 4 is 11.8 Å². The van der Waals surface area contributed by atoms with Gasteiger partial charge in [0.25, 0.3) is 0 Å². The Bertz CT molecular complexity index is 604. The molecule has 5 heteroatoms. The van der Waals surface area contributed by atoms with Gasteiger partial charge in [0.2, 0.25) is 0 Å². The van der Waals surface area contributed by atoms with Crippen molar-refractivity contribution in [2.75, 3.05) is 7.11 Å². The van der Waals surface area contributed by atoms with E-state index in [0.29, 0.717) is 37.7 Å². The van der Waals surface area contributed by atoms with E-state index in [9.17, 15) is 14.7 Å². The van der Waals surface area contributed by atoms with Gasteiger partial charge in [-0.3, -0.25) is 4.79 Å². The predicted molar refractivity (Wildman–Crippen MR) is 99.6 cm³/mol. The summed E-state index contributed by atoms with van der Waals surface area (Å²) in [5.41, 5.74) is -0.0129. The van der Waals surface area contributed by atoms with Gasteiger partial charge in [-0.05, 0) is 65.2 Å². The van der Waals surface area contributed by atoms with Crippen LogP contribution in [0.2, 0.25) is 0 Å². The lowest BCUT2D eigenvalue weighted by Gasteiger charge is -2.26. The Labute approximate surface area is 156 Å². The maximum absolute atomic E-state index is 12.4. The Morgan fingerprint density at radius 2 is 2.04 bits per heavy atom. The molecule has 2 rings (SSSR count). The van der Waals surface area contributed by atoms with Crippen molar-refractivity contribution in [3.63, 3.8) is 0 Å². The van der Waals surface area contributed by atoms with Crippen molar-refractivity contribution in [1.82, 2.24) is 0 Å². The maximum Gasteiger partial charge on any atom is 0.333 e. The number of methoxy groups -OCH3 is 1. The van der Waals surface area contributed by atoms with Crippen LogP contribution in [0.15, 0.2) is 23.8 Å². The minimum absolute atomic E-state index is 0.0613. The number of hydrogen-bond donors (Lipinski definition) is 1. The molecule has 0 unspecified atom stereocenters. The summed E-state index contributed by atoms with van der Waals surface area (Å²) in [5, 5.41) is 10.6. The highest BCUT2D eigenvalue weighted by atomic mass is 16.6. The zero-order chi connectivity index (χ0) is 19.5. The van der Waals surface area contributed by atoms with Gasteiger partial charge in [-0.2, -0.15) is 0 Å². The quantitative estimate of drug-likeness (QED) is 0.351. The van der Waals surface area contributed by atoms with E-state index in [-0.39, 0.29) is 23.4 Å². The second-order valence-corrected chi connectivity index (χ2v) is 8.19. The number of carbonyl (C=O) groups is 2. The van der Waals surface area contributed by atoms with E-state index in [1.165, 1.54) is 12.7 Å². The molecule has 0 saturated carbocycles. The molecule has 5 nitrogen and oxygen atoms in total. The average molecular weight is 364 g/mol. The molecule has 1 fully saturated rings. The van der Waals surface area contributed by atoms with Crippen LogP contribution in [-0.2, 0) is 19.1 Å². The molecule has 2 aliphatic rings. The average Bonchev–Trinajstić information content (AvgIpc) is 3.23. The van der Waals surface area contributed by atoms with Crippen LogP contribution >= 0.6 is 0 Å². The second-order valence-electron chi connectivity index (χ2n) is 8.19. The molecule has 0 aromatic carbocycles. The summed E-state index contributed by atoms with van der Waals surface area (Å²) in [4.78, 5) is 24.4. The summed E-state index contributed by atoms with van der Waals surface area (Å²) in [6.45, 7) is 9.59. The van der Waals surface area contributed by atoms with Crippen LogP contribution in [-0.4, -0.2) is 41.3 Å². The molecule has 1 N–H and O–H groups in total. The van der Waals surface area contributed by atoms with Crippen LogP contribution in [0.5, 0.6) is 0 Å². The molecule has 0 amide bonds. The van der Waals surface area contributed by atoms with Crippen molar-refractivity contribution in [3.8, 4) is 0 Å². The Kier molecular flexibility index (Phi) is 6.46. The van der Waals surface area contributed by atoms with Crippen LogP contribution in [0, 0.1) is 5.92 Å². The van der Waals surface area contributed by atoms with Crippen LogP contribution in [0.4, 0.5) is 0 Å². The highest BCUT2D eigenvalue weighted by molar-refractivity contribution is 5.88. The number of ether oxygens (including phenoxy) is 2. The van der Waals surface area contributed by atoms with Crippen LogP contribution < -0.4 is 0 Å². The smallest absolute Gasteiger partial charge is 0.333 e. The number of rotatable bonds is 2. The minimum Gasteiger partial charge on any atom is -0.466 e. The lowest BCUT2D eigenvalue weighted by Crippen LogP contribution is -2.36. The van der Waals surface area contributed by atoms with Gasteiger partial charge in [0.15, 0.2) is 5.78 Å². The third kappa shape index (κ3) is 5.04. The zero-order valence-corrected chi connectivity index (χ0v) is 16.5. The van der Waals surface area contributed by atoms with Crippen LogP contribution in [0.25, 0.3) is 0 Å². The van der Waals surface area contributed by atoms with E-state index in [4.69, 9.17) is 9.47 Å². The molecule has 0 aromatic rings. The van der Waals surface area contributed by atoms with Gasteiger partial charge >= 0.3 is 5.97 Å². The lowest BCUT2D eigenvalue weighted by molar-refractivity contribution is -0.137. The standard InChI is InChI=1S/C21H32O5/c1-14-7-6-11-21(4)18(26-21)13-16(15(2)19(23)25-5)10-12-20(3,24)17(22)9-8-14/h7,16,18,24H,2,6,8-13H2,1,3-5H3/t16-,18-,20-,21-/m0/s1. The first-order valence-corrected chi connectivity index (χ1v) is 9.45. The molecule has 4 atom stereocenters. The minimum atomic E-state index is -1.40. The third-order valence-electron chi connectivity index (χ3n) is 5.93. The molecule has 0 spiro atoms. The number of carbonyl (C=O) groups excluding carboxylic acids is 2. The summed E-state index contributed by atoms with van der Waals surface area (Å²) in [5.74, 6) is -0.769. The van der Waals surface area contributed by atoms with Crippen molar-refractivity contribution in [3.05, 3.63) is 23.8 Å². The highest BCUT2D eigenvalue weighted by Crippen LogP contribution is 2.46. The summed E-state index contributed by atoms with van der Waals surface area (Å²) >= 11 is 0. The van der Waals surface area contributed by atoms with Crippen molar-refractivity contribution < 1.29 is 24.2 Å². The Hall–Kier alpha value is -1.46. The van der Waals surface area contributed by atoms with Gasteiger partial charge in [0.1, 0.15) is 5.60 Å². The summed E-state index contributed by atoms with van der Waals surface area (Å²) < 4.78 is 10.7. The highest BCUT2D eigenvalue weighted by Gasteiger charge is 2.52. The van der Waals surface area contributed by atoms with Gasteiger partial charge in [-0.1, -0.05) is 18.2 Å². The molecule has 1 aliphatic carbocycles. The van der Waals surface area contributed by atoms with Gasteiger partial charge < -0.3 is 14.6 Å². The SMILES string of the molecule is C=C(C(=O)OC)[C@H]1CC[C@](C)(O)C(=O)CCC(C)=CCC[C@]2(C)O[C@H]2C1. The number of aliphatic hydroxyl groups is 1. The van der Waals surface area contributed by atoms with E-state index in [1.807, 2.05) is 6.92 Å². The van der Waals surface area contributed by atoms with Gasteiger partial charge in [-0.25, -0.2) is 4.79 Å². The van der Waals surface area contributed by atoms with E-state index in [2.05, 4.69) is 19.6 Å². The van der Waals surface area contributed by atoms with Gasteiger partial charge in [0.05, 0.1) is 18.8 Å². The third-order valence-corrected chi connectivity index (χ3v) is 5.93. The van der Waals surface area contributed by atoms with Gasteiger partial charge in [-0.15, -0.1) is 0 Å². The number of fused-ring (bicyclic) bond motifs is 1. The normalized spacial score (nSPS) is 36.3. The second kappa shape index (κ2) is 8.05. The Morgan fingerprint density at radius 1 is 1.35 bits per heavy atom. The van der Waals surface area contributed by atoms with Crippen LogP contribution in [0.3, 0.4) is 0 Å². The summed E-state index contributed by atoms with van der Waals surface area (Å²) in [6, 6.07) is 0.